The summed E-state index contributed by atoms with van der Waals surface area (Å²) < 4.78 is 45.4. The number of aryl methyl sites for hydroxylation is 2. The average Bonchev–Trinajstić information content (AvgIpc) is 2.73. The third-order valence-corrected chi connectivity index (χ3v) is 3.12. The van der Waals surface area contributed by atoms with Gasteiger partial charge in [-0.05, 0) is 26.0 Å². The molecule has 1 aromatic heterocycles. The van der Waals surface area contributed by atoms with Crippen LogP contribution in [-0.2, 0) is 6.54 Å². The molecule has 2 aromatic rings. The van der Waals surface area contributed by atoms with E-state index in [0.29, 0.717) is 18.9 Å². The Balaban J connectivity index is 1.97. The molecule has 0 spiro atoms. The highest BCUT2D eigenvalue weighted by molar-refractivity contribution is 6.74. The molecule has 1 aromatic carbocycles. The van der Waals surface area contributed by atoms with Crippen LogP contribution in [0, 0.1) is 13.8 Å². The quantitative estimate of drug-likeness (QED) is 0.789. The average molecular weight is 283 g/mol. The number of rotatable bonds is 5. The lowest BCUT2D eigenvalue weighted by molar-refractivity contribution is 0.297. The molecule has 20 heavy (non-hydrogen) atoms. The zero-order valence-corrected chi connectivity index (χ0v) is 11.3. The van der Waals surface area contributed by atoms with Gasteiger partial charge in [0.1, 0.15) is 18.2 Å². The second kappa shape index (κ2) is 5.60. The van der Waals surface area contributed by atoms with Crippen LogP contribution in [0.1, 0.15) is 11.4 Å². The molecule has 1 heterocycles. The summed E-state index contributed by atoms with van der Waals surface area (Å²) in [5, 5.41) is 0. The Bertz CT molecular complexity index is 596. The number of ether oxygens (including phenoxy) is 1. The number of hydrogen-bond donors (Lipinski definition) is 0. The molecule has 0 unspecified atom stereocenters. The van der Waals surface area contributed by atoms with Crippen molar-refractivity contribution in [2.45, 2.75) is 20.4 Å². The SMILES string of the molecule is Cc1cc(OCCn2ccnc2C)ccc1[B-](F)(F)F. The summed E-state index contributed by atoms with van der Waals surface area (Å²) in [4.78, 5) is 4.08. The molecule has 0 fully saturated rings. The van der Waals surface area contributed by atoms with Gasteiger partial charge < -0.3 is 22.3 Å². The fourth-order valence-electron chi connectivity index (χ4n) is 2.01. The molecule has 0 atom stereocenters. The topological polar surface area (TPSA) is 27.1 Å². The summed E-state index contributed by atoms with van der Waals surface area (Å²) in [5.41, 5.74) is -0.378. The maximum Gasteiger partial charge on any atom is 0.509 e. The first-order chi connectivity index (χ1) is 9.38. The van der Waals surface area contributed by atoms with Crippen LogP contribution in [0.15, 0.2) is 30.6 Å². The zero-order valence-electron chi connectivity index (χ0n) is 11.3. The summed E-state index contributed by atoms with van der Waals surface area (Å²) in [6.45, 7) is -0.655. The van der Waals surface area contributed by atoms with Gasteiger partial charge >= 0.3 is 6.98 Å². The molecule has 3 nitrogen and oxygen atoms in total. The summed E-state index contributed by atoms with van der Waals surface area (Å²) in [7, 11) is 0. The maximum atomic E-state index is 12.7. The first-order valence-corrected chi connectivity index (χ1v) is 6.29. The highest BCUT2D eigenvalue weighted by Gasteiger charge is 2.27. The molecule has 108 valence electrons. The molecule has 0 saturated carbocycles. The Labute approximate surface area is 115 Å². The lowest BCUT2D eigenvalue weighted by atomic mass is 9.77. The van der Waals surface area contributed by atoms with Gasteiger partial charge in [-0.25, -0.2) is 4.98 Å². The van der Waals surface area contributed by atoms with Gasteiger partial charge in [0.05, 0.1) is 6.54 Å². The van der Waals surface area contributed by atoms with E-state index in [1.165, 1.54) is 19.1 Å². The second-order valence-corrected chi connectivity index (χ2v) is 4.61. The number of aromatic nitrogens is 2. The molecular weight excluding hydrogens is 268 g/mol. The maximum absolute atomic E-state index is 12.7. The second-order valence-electron chi connectivity index (χ2n) is 4.61. The first kappa shape index (κ1) is 14.5. The molecule has 0 aliphatic carbocycles. The van der Waals surface area contributed by atoms with Crippen molar-refractivity contribution in [3.8, 4) is 5.75 Å². The van der Waals surface area contributed by atoms with Gasteiger partial charge in [-0.3, -0.25) is 0 Å². The molecule has 7 heteroatoms. The smallest absolute Gasteiger partial charge is 0.492 e. The summed E-state index contributed by atoms with van der Waals surface area (Å²) >= 11 is 0. The van der Waals surface area contributed by atoms with Gasteiger partial charge in [-0.2, -0.15) is 0 Å². The Morgan fingerprint density at radius 1 is 1.25 bits per heavy atom. The fraction of sp³-hybridized carbons (Fsp3) is 0.308. The largest absolute Gasteiger partial charge is 0.509 e. The number of halogens is 3. The van der Waals surface area contributed by atoms with Crippen molar-refractivity contribution < 1.29 is 17.7 Å². The molecule has 0 aliphatic heterocycles. The lowest BCUT2D eigenvalue weighted by Crippen LogP contribution is -2.35. The Hall–Kier alpha value is -1.92. The highest BCUT2D eigenvalue weighted by atomic mass is 19.4. The minimum absolute atomic E-state index is 0.189. The number of nitrogens with zero attached hydrogens (tertiary/aromatic N) is 2. The van der Waals surface area contributed by atoms with Gasteiger partial charge in [-0.15, -0.1) is 5.46 Å². The monoisotopic (exact) mass is 283 g/mol. The van der Waals surface area contributed by atoms with Crippen LogP contribution in [0.4, 0.5) is 12.9 Å². The lowest BCUT2D eigenvalue weighted by Gasteiger charge is -2.18. The van der Waals surface area contributed by atoms with E-state index in [0.717, 1.165) is 11.9 Å². The Morgan fingerprint density at radius 2 is 2.00 bits per heavy atom. The van der Waals surface area contributed by atoms with E-state index in [4.69, 9.17) is 4.74 Å². The zero-order chi connectivity index (χ0) is 14.8. The Kier molecular flexibility index (Phi) is 4.06. The van der Waals surface area contributed by atoms with Crippen molar-refractivity contribution in [3.63, 3.8) is 0 Å². The van der Waals surface area contributed by atoms with Crippen molar-refractivity contribution >= 4 is 12.4 Å². The molecule has 0 saturated heterocycles. The summed E-state index contributed by atoms with van der Waals surface area (Å²) in [6, 6.07) is 3.86. The molecular formula is C13H15BF3N2O-. The summed E-state index contributed by atoms with van der Waals surface area (Å²) in [5.74, 6) is 1.32. The van der Waals surface area contributed by atoms with Gasteiger partial charge in [0, 0.05) is 12.4 Å². The van der Waals surface area contributed by atoms with Crippen molar-refractivity contribution in [2.24, 2.45) is 0 Å². The fourth-order valence-corrected chi connectivity index (χ4v) is 2.01. The van der Waals surface area contributed by atoms with Gasteiger partial charge in [0.2, 0.25) is 0 Å². The first-order valence-electron chi connectivity index (χ1n) is 6.29. The van der Waals surface area contributed by atoms with Crippen LogP contribution in [0.2, 0.25) is 0 Å². The minimum atomic E-state index is -4.97. The van der Waals surface area contributed by atoms with E-state index in [2.05, 4.69) is 4.98 Å². The predicted molar refractivity (Wildman–Crippen MR) is 72.4 cm³/mol. The van der Waals surface area contributed by atoms with Crippen LogP contribution in [0.25, 0.3) is 0 Å². The van der Waals surface area contributed by atoms with Gasteiger partial charge in [-0.1, -0.05) is 11.6 Å². The van der Waals surface area contributed by atoms with Gasteiger partial charge in [0.25, 0.3) is 0 Å². The van der Waals surface area contributed by atoms with E-state index < -0.39 is 12.4 Å². The molecule has 0 aliphatic rings. The van der Waals surface area contributed by atoms with Crippen LogP contribution in [0.5, 0.6) is 5.75 Å². The van der Waals surface area contributed by atoms with E-state index in [9.17, 15) is 12.9 Å². The Morgan fingerprint density at radius 3 is 2.55 bits per heavy atom. The number of hydrogen-bond acceptors (Lipinski definition) is 2. The van der Waals surface area contributed by atoms with E-state index in [1.54, 1.807) is 6.20 Å². The van der Waals surface area contributed by atoms with Crippen molar-refractivity contribution in [1.29, 1.82) is 0 Å². The molecule has 0 N–H and O–H groups in total. The molecule has 2 rings (SSSR count). The van der Waals surface area contributed by atoms with E-state index in [-0.39, 0.29) is 5.56 Å². The molecule has 0 amide bonds. The van der Waals surface area contributed by atoms with Crippen LogP contribution >= 0.6 is 0 Å². The number of benzene rings is 1. The van der Waals surface area contributed by atoms with Crippen LogP contribution in [-0.4, -0.2) is 23.1 Å². The molecule has 0 bridgehead atoms. The summed E-state index contributed by atoms with van der Waals surface area (Å²) in [6.07, 6.45) is 3.53. The minimum Gasteiger partial charge on any atom is -0.492 e. The van der Waals surface area contributed by atoms with Crippen LogP contribution in [0.3, 0.4) is 0 Å². The number of imidazole rings is 1. The van der Waals surface area contributed by atoms with Crippen molar-refractivity contribution in [1.82, 2.24) is 9.55 Å². The normalized spacial score (nSPS) is 11.7. The highest BCUT2D eigenvalue weighted by Crippen LogP contribution is 2.17. The van der Waals surface area contributed by atoms with E-state index in [1.807, 2.05) is 17.7 Å². The van der Waals surface area contributed by atoms with E-state index >= 15 is 0 Å². The standard InChI is InChI=1S/C13H15BF3N2O/c1-10-9-12(3-4-13(10)14(15,16)17)20-8-7-19-6-5-18-11(19)2/h3-6,9H,7-8H2,1-2H3/q-1. The third-order valence-electron chi connectivity index (χ3n) is 3.12. The molecule has 0 radical (unpaired) electrons. The third kappa shape index (κ3) is 3.34. The van der Waals surface area contributed by atoms with Crippen LogP contribution < -0.4 is 10.2 Å². The van der Waals surface area contributed by atoms with Crippen molar-refractivity contribution in [3.05, 3.63) is 42.0 Å². The van der Waals surface area contributed by atoms with Gasteiger partial charge in [0.15, 0.2) is 0 Å². The van der Waals surface area contributed by atoms with Crippen molar-refractivity contribution in [2.75, 3.05) is 6.61 Å². The predicted octanol–water partition coefficient (Wildman–Crippen LogP) is 2.63.